The van der Waals surface area contributed by atoms with Crippen LogP contribution in [0, 0.1) is 0 Å². The molecule has 8 heteroatoms. The lowest BCUT2D eigenvalue weighted by molar-refractivity contribution is 0.100. The molecule has 0 radical (unpaired) electrons. The number of pyridine rings is 1. The summed E-state index contributed by atoms with van der Waals surface area (Å²) in [6, 6.07) is 14.8. The fraction of sp³-hybridized carbons (Fsp3) is 0.150. The van der Waals surface area contributed by atoms with Gasteiger partial charge < -0.3 is 16.8 Å². The number of carbonyl (C=O) groups excluding carboxylic acids is 2. The molecule has 2 heterocycles. The largest absolute Gasteiger partial charge is 0.366 e. The number of nitrogens with zero attached hydrogens (tertiary/aromatic N) is 1. The van der Waals surface area contributed by atoms with Crippen LogP contribution < -0.4 is 22.1 Å². The van der Waals surface area contributed by atoms with E-state index in [-0.39, 0.29) is 5.56 Å². The van der Waals surface area contributed by atoms with Crippen molar-refractivity contribution >= 4 is 28.3 Å². The SMILES string of the molecule is NC(=O)Nc1sc(-c2ccc(CNCCc3ccccn3)cc2)cc1C(N)=O. The summed E-state index contributed by atoms with van der Waals surface area (Å²) in [5.74, 6) is -0.611. The van der Waals surface area contributed by atoms with Gasteiger partial charge in [-0.05, 0) is 29.3 Å². The average molecular weight is 395 g/mol. The molecule has 2 aromatic heterocycles. The van der Waals surface area contributed by atoms with E-state index >= 15 is 0 Å². The molecule has 1 aromatic carbocycles. The molecule has 0 saturated heterocycles. The van der Waals surface area contributed by atoms with E-state index in [0.29, 0.717) is 5.00 Å². The molecule has 3 aromatic rings. The smallest absolute Gasteiger partial charge is 0.317 e. The van der Waals surface area contributed by atoms with Gasteiger partial charge in [0.2, 0.25) is 0 Å². The summed E-state index contributed by atoms with van der Waals surface area (Å²) in [6.07, 6.45) is 2.67. The van der Waals surface area contributed by atoms with E-state index < -0.39 is 11.9 Å². The maximum Gasteiger partial charge on any atom is 0.317 e. The third kappa shape index (κ3) is 5.15. The first-order valence-electron chi connectivity index (χ1n) is 8.73. The standard InChI is InChI=1S/C20H21N5O2S/c21-18(26)16-11-17(28-19(16)25-20(22)27)14-6-4-13(5-7-14)12-23-10-8-15-3-1-2-9-24-15/h1-7,9,11,23H,8,10,12H2,(H2,21,26)(H3,22,25,27). The lowest BCUT2D eigenvalue weighted by Gasteiger charge is -2.06. The Bertz CT molecular complexity index is 954. The van der Waals surface area contributed by atoms with Crippen LogP contribution in [-0.2, 0) is 13.0 Å². The van der Waals surface area contributed by atoms with E-state index in [4.69, 9.17) is 11.5 Å². The van der Waals surface area contributed by atoms with Gasteiger partial charge in [0.25, 0.3) is 5.91 Å². The summed E-state index contributed by atoms with van der Waals surface area (Å²) in [4.78, 5) is 27.8. The lowest BCUT2D eigenvalue weighted by atomic mass is 10.1. The zero-order valence-corrected chi connectivity index (χ0v) is 16.0. The summed E-state index contributed by atoms with van der Waals surface area (Å²) in [6.45, 7) is 1.59. The van der Waals surface area contributed by atoms with Crippen molar-refractivity contribution < 1.29 is 9.59 Å². The minimum Gasteiger partial charge on any atom is -0.366 e. The second-order valence-electron chi connectivity index (χ2n) is 6.15. The van der Waals surface area contributed by atoms with Crippen molar-refractivity contribution in [3.05, 3.63) is 71.5 Å². The molecular formula is C20H21N5O2S. The summed E-state index contributed by atoms with van der Waals surface area (Å²) in [7, 11) is 0. The van der Waals surface area contributed by atoms with Gasteiger partial charge in [0.1, 0.15) is 5.00 Å². The van der Waals surface area contributed by atoms with Crippen molar-refractivity contribution in [2.45, 2.75) is 13.0 Å². The van der Waals surface area contributed by atoms with E-state index in [9.17, 15) is 9.59 Å². The number of amides is 3. The number of thiophene rings is 1. The Hall–Kier alpha value is -3.23. The van der Waals surface area contributed by atoms with Crippen LogP contribution in [0.25, 0.3) is 10.4 Å². The minimum absolute atomic E-state index is 0.249. The molecule has 144 valence electrons. The second-order valence-corrected chi connectivity index (χ2v) is 7.20. The van der Waals surface area contributed by atoms with Gasteiger partial charge in [-0.1, -0.05) is 30.3 Å². The molecule has 0 spiro atoms. The molecule has 0 atom stereocenters. The van der Waals surface area contributed by atoms with Gasteiger partial charge in [0.05, 0.1) is 5.56 Å². The van der Waals surface area contributed by atoms with Crippen LogP contribution in [0.5, 0.6) is 0 Å². The Balaban J connectivity index is 1.61. The van der Waals surface area contributed by atoms with Gasteiger partial charge in [-0.3, -0.25) is 15.1 Å². The Labute approximate surface area is 166 Å². The Morgan fingerprint density at radius 3 is 2.50 bits per heavy atom. The van der Waals surface area contributed by atoms with Crippen molar-refractivity contribution in [2.24, 2.45) is 11.5 Å². The van der Waals surface area contributed by atoms with Crippen molar-refractivity contribution in [3.63, 3.8) is 0 Å². The fourth-order valence-electron chi connectivity index (χ4n) is 2.70. The van der Waals surface area contributed by atoms with Gasteiger partial charge in [-0.2, -0.15) is 0 Å². The molecule has 0 fully saturated rings. The number of primary amides is 2. The number of urea groups is 1. The van der Waals surface area contributed by atoms with Gasteiger partial charge >= 0.3 is 6.03 Å². The molecule has 0 aliphatic rings. The van der Waals surface area contributed by atoms with Crippen LogP contribution >= 0.6 is 11.3 Å². The zero-order valence-electron chi connectivity index (χ0n) is 15.1. The number of hydrogen-bond donors (Lipinski definition) is 4. The zero-order chi connectivity index (χ0) is 19.9. The molecular weight excluding hydrogens is 374 g/mol. The first kappa shape index (κ1) is 19.5. The van der Waals surface area contributed by atoms with Crippen LogP contribution in [0.15, 0.2) is 54.7 Å². The number of hydrogen-bond acceptors (Lipinski definition) is 5. The third-order valence-electron chi connectivity index (χ3n) is 4.09. The summed E-state index contributed by atoms with van der Waals surface area (Å²) < 4.78 is 0. The summed E-state index contributed by atoms with van der Waals surface area (Å²) in [5, 5.41) is 6.20. The van der Waals surface area contributed by atoms with Crippen molar-refractivity contribution in [3.8, 4) is 10.4 Å². The predicted molar refractivity (Wildman–Crippen MR) is 111 cm³/mol. The molecule has 0 saturated carbocycles. The number of nitrogens with two attached hydrogens (primary N) is 2. The molecule has 0 aliphatic carbocycles. The van der Waals surface area contributed by atoms with Crippen molar-refractivity contribution in [1.82, 2.24) is 10.3 Å². The topological polar surface area (TPSA) is 123 Å². The van der Waals surface area contributed by atoms with E-state index in [0.717, 1.165) is 41.2 Å². The highest BCUT2D eigenvalue weighted by atomic mass is 32.1. The second kappa shape index (κ2) is 9.12. The first-order valence-corrected chi connectivity index (χ1v) is 9.54. The number of benzene rings is 1. The Kier molecular flexibility index (Phi) is 6.36. The normalized spacial score (nSPS) is 10.6. The Morgan fingerprint density at radius 2 is 1.86 bits per heavy atom. The van der Waals surface area contributed by atoms with Crippen LogP contribution in [0.2, 0.25) is 0 Å². The molecule has 0 unspecified atom stereocenters. The molecule has 3 amide bonds. The number of aromatic nitrogens is 1. The van der Waals surface area contributed by atoms with Crippen LogP contribution in [0.1, 0.15) is 21.6 Å². The predicted octanol–water partition coefficient (Wildman–Crippen LogP) is 2.73. The first-order chi connectivity index (χ1) is 13.5. The van der Waals surface area contributed by atoms with E-state index in [1.165, 1.54) is 11.3 Å². The van der Waals surface area contributed by atoms with Crippen LogP contribution in [0.4, 0.5) is 9.80 Å². The minimum atomic E-state index is -0.733. The molecule has 28 heavy (non-hydrogen) atoms. The van der Waals surface area contributed by atoms with Crippen LogP contribution in [0.3, 0.4) is 0 Å². The summed E-state index contributed by atoms with van der Waals surface area (Å²) >= 11 is 1.26. The quantitative estimate of drug-likeness (QED) is 0.438. The number of anilines is 1. The van der Waals surface area contributed by atoms with Crippen LogP contribution in [-0.4, -0.2) is 23.5 Å². The van der Waals surface area contributed by atoms with E-state index in [1.54, 1.807) is 12.3 Å². The monoisotopic (exact) mass is 395 g/mol. The van der Waals surface area contributed by atoms with E-state index in [2.05, 4.69) is 15.6 Å². The average Bonchev–Trinajstić information content (AvgIpc) is 3.10. The van der Waals surface area contributed by atoms with E-state index in [1.807, 2.05) is 42.5 Å². The van der Waals surface area contributed by atoms with Gasteiger partial charge in [-0.15, -0.1) is 11.3 Å². The highest BCUT2D eigenvalue weighted by Gasteiger charge is 2.16. The number of rotatable bonds is 8. The van der Waals surface area contributed by atoms with Crippen molar-refractivity contribution in [1.29, 1.82) is 0 Å². The van der Waals surface area contributed by atoms with Crippen molar-refractivity contribution in [2.75, 3.05) is 11.9 Å². The molecule has 6 N–H and O–H groups in total. The maximum atomic E-state index is 11.6. The Morgan fingerprint density at radius 1 is 1.07 bits per heavy atom. The maximum absolute atomic E-state index is 11.6. The van der Waals surface area contributed by atoms with Gasteiger partial charge in [-0.25, -0.2) is 4.79 Å². The molecule has 3 rings (SSSR count). The molecule has 0 aliphatic heterocycles. The fourth-order valence-corrected chi connectivity index (χ4v) is 3.77. The molecule has 7 nitrogen and oxygen atoms in total. The number of nitrogens with one attached hydrogen (secondary N) is 2. The van der Waals surface area contributed by atoms with Gasteiger partial charge in [0.15, 0.2) is 0 Å². The number of carbonyl (C=O) groups is 2. The van der Waals surface area contributed by atoms with Gasteiger partial charge in [0, 0.05) is 36.3 Å². The summed E-state index contributed by atoms with van der Waals surface area (Å²) in [5.41, 5.74) is 13.9. The molecule has 0 bridgehead atoms. The highest BCUT2D eigenvalue weighted by Crippen LogP contribution is 2.35. The third-order valence-corrected chi connectivity index (χ3v) is 5.19. The highest BCUT2D eigenvalue weighted by molar-refractivity contribution is 7.20. The lowest BCUT2D eigenvalue weighted by Crippen LogP contribution is -2.21.